The van der Waals surface area contributed by atoms with Gasteiger partial charge in [-0.05, 0) is 97.7 Å². The minimum Gasteiger partial charge on any atom is -0.393 e. The Morgan fingerprint density at radius 1 is 1.00 bits per heavy atom. The van der Waals surface area contributed by atoms with Crippen molar-refractivity contribution in [1.29, 1.82) is 0 Å². The van der Waals surface area contributed by atoms with Gasteiger partial charge in [0.05, 0.1) is 6.10 Å². The van der Waals surface area contributed by atoms with Gasteiger partial charge >= 0.3 is 0 Å². The van der Waals surface area contributed by atoms with Gasteiger partial charge in [0.25, 0.3) is 0 Å². The van der Waals surface area contributed by atoms with Gasteiger partial charge in [-0.2, -0.15) is 0 Å². The third-order valence-electron chi connectivity index (χ3n) is 9.59. The summed E-state index contributed by atoms with van der Waals surface area (Å²) in [5.41, 5.74) is 2.52. The van der Waals surface area contributed by atoms with Crippen molar-refractivity contribution < 1.29 is 5.11 Å². The zero-order valence-corrected chi connectivity index (χ0v) is 18.4. The molecule has 0 bridgehead atoms. The monoisotopic (exact) mass is 370 g/mol. The molecule has 152 valence electrons. The van der Waals surface area contributed by atoms with Gasteiger partial charge in [-0.15, -0.1) is 0 Å². The molecule has 3 fully saturated rings. The zero-order chi connectivity index (χ0) is 19.4. The molecule has 0 spiro atoms. The highest BCUT2D eigenvalue weighted by atomic mass is 16.3. The molecule has 4 rings (SSSR count). The summed E-state index contributed by atoms with van der Waals surface area (Å²) in [7, 11) is 0. The maximum Gasteiger partial charge on any atom is 0.0577 e. The van der Waals surface area contributed by atoms with Crippen molar-refractivity contribution in [3.05, 3.63) is 23.8 Å². The predicted molar refractivity (Wildman–Crippen MR) is 114 cm³/mol. The van der Waals surface area contributed by atoms with Crippen LogP contribution in [0.4, 0.5) is 0 Å². The number of aliphatic hydroxyl groups excluding tert-OH is 1. The molecule has 0 aromatic heterocycles. The van der Waals surface area contributed by atoms with Crippen molar-refractivity contribution in [3.63, 3.8) is 0 Å². The van der Waals surface area contributed by atoms with Gasteiger partial charge in [0.15, 0.2) is 0 Å². The molecule has 4 aliphatic carbocycles. The first-order chi connectivity index (χ1) is 12.8. The van der Waals surface area contributed by atoms with Crippen LogP contribution in [0.2, 0.25) is 0 Å². The highest BCUT2D eigenvalue weighted by molar-refractivity contribution is 5.25. The summed E-state index contributed by atoms with van der Waals surface area (Å²) in [6, 6.07) is 0. The number of rotatable bonds is 3. The van der Waals surface area contributed by atoms with E-state index in [4.69, 9.17) is 0 Å². The first-order valence-electron chi connectivity index (χ1n) is 11.8. The second kappa shape index (κ2) is 7.05. The van der Waals surface area contributed by atoms with E-state index < -0.39 is 0 Å². The number of hydrogen-bond donors (Lipinski definition) is 1. The molecule has 8 unspecified atom stereocenters. The second-order valence-electron chi connectivity index (χ2n) is 11.4. The molecule has 8 atom stereocenters. The van der Waals surface area contributed by atoms with Crippen LogP contribution in [0.25, 0.3) is 0 Å². The summed E-state index contributed by atoms with van der Waals surface area (Å²) in [6.45, 7) is 12.3. The molecule has 0 heterocycles. The largest absolute Gasteiger partial charge is 0.393 e. The minimum atomic E-state index is -0.0841. The minimum absolute atomic E-state index is 0.0841. The number of aliphatic hydroxyl groups is 1. The lowest BCUT2D eigenvalue weighted by molar-refractivity contribution is -0.0540. The van der Waals surface area contributed by atoms with Gasteiger partial charge in [0.2, 0.25) is 0 Å². The molecule has 0 aliphatic heterocycles. The Bertz CT molecular complexity index is 616. The number of fused-ring (bicyclic) bond motifs is 5. The fourth-order valence-corrected chi connectivity index (χ4v) is 8.08. The molecular formula is C26H42O. The SMILES string of the molecule is CC(C)/C=C\C(C)C1CCC2C3CC=C4CC(O)CCC4(C)C3CCC12C. The lowest BCUT2D eigenvalue weighted by atomic mass is 9.47. The summed E-state index contributed by atoms with van der Waals surface area (Å²) in [6.07, 6.45) is 17.6. The van der Waals surface area contributed by atoms with E-state index in [-0.39, 0.29) is 6.10 Å². The van der Waals surface area contributed by atoms with Gasteiger partial charge in [0.1, 0.15) is 0 Å². The fourth-order valence-electron chi connectivity index (χ4n) is 8.08. The lowest BCUT2D eigenvalue weighted by Gasteiger charge is -2.58. The normalized spacial score (nSPS) is 48.1. The van der Waals surface area contributed by atoms with E-state index in [1.54, 1.807) is 5.57 Å². The van der Waals surface area contributed by atoms with E-state index in [2.05, 4.69) is 52.8 Å². The molecule has 1 N–H and O–H groups in total. The molecule has 4 aliphatic rings. The first kappa shape index (κ1) is 19.7. The van der Waals surface area contributed by atoms with Crippen molar-refractivity contribution in [2.75, 3.05) is 0 Å². The Kier molecular flexibility index (Phi) is 5.15. The molecule has 3 saturated carbocycles. The number of hydrogen-bond acceptors (Lipinski definition) is 1. The Hall–Kier alpha value is -0.560. The van der Waals surface area contributed by atoms with Crippen LogP contribution in [0, 0.1) is 46.3 Å². The summed E-state index contributed by atoms with van der Waals surface area (Å²) < 4.78 is 0. The average Bonchev–Trinajstić information content (AvgIpc) is 2.97. The molecule has 1 nitrogen and oxygen atoms in total. The second-order valence-corrected chi connectivity index (χ2v) is 11.4. The molecule has 1 heteroatoms. The van der Waals surface area contributed by atoms with E-state index >= 15 is 0 Å². The van der Waals surface area contributed by atoms with Crippen LogP contribution in [0.3, 0.4) is 0 Å². The van der Waals surface area contributed by atoms with Crippen molar-refractivity contribution in [3.8, 4) is 0 Å². The molecule has 0 amide bonds. The van der Waals surface area contributed by atoms with Crippen LogP contribution in [0.1, 0.15) is 86.0 Å². The molecule has 0 saturated heterocycles. The van der Waals surface area contributed by atoms with Crippen LogP contribution >= 0.6 is 0 Å². The van der Waals surface area contributed by atoms with Gasteiger partial charge in [-0.25, -0.2) is 0 Å². The summed E-state index contributed by atoms with van der Waals surface area (Å²) in [5.74, 6) is 4.91. The fraction of sp³-hybridized carbons (Fsp3) is 0.846. The Morgan fingerprint density at radius 2 is 1.78 bits per heavy atom. The highest BCUT2D eigenvalue weighted by Crippen LogP contribution is 2.67. The molecule has 27 heavy (non-hydrogen) atoms. The Morgan fingerprint density at radius 3 is 2.52 bits per heavy atom. The predicted octanol–water partition coefficient (Wildman–Crippen LogP) is 6.77. The van der Waals surface area contributed by atoms with Crippen LogP contribution < -0.4 is 0 Å². The van der Waals surface area contributed by atoms with Crippen molar-refractivity contribution >= 4 is 0 Å². The van der Waals surface area contributed by atoms with Crippen molar-refractivity contribution in [2.24, 2.45) is 46.3 Å². The van der Waals surface area contributed by atoms with Crippen molar-refractivity contribution in [2.45, 2.75) is 92.1 Å². The summed E-state index contributed by atoms with van der Waals surface area (Å²) in [5, 5.41) is 10.2. The van der Waals surface area contributed by atoms with Crippen LogP contribution in [-0.4, -0.2) is 11.2 Å². The van der Waals surface area contributed by atoms with Crippen LogP contribution in [0.15, 0.2) is 23.8 Å². The highest BCUT2D eigenvalue weighted by Gasteiger charge is 2.58. The summed E-state index contributed by atoms with van der Waals surface area (Å²) in [4.78, 5) is 0. The van der Waals surface area contributed by atoms with E-state index in [1.165, 1.54) is 38.5 Å². The standard InChI is InChI=1S/C26H42O/c1-17(2)6-7-18(3)22-10-11-23-21-9-8-19-16-20(27)12-14-25(19,4)24(21)13-15-26(22,23)5/h6-8,17-18,20-24,27H,9-16H2,1-5H3/b7-6-. The maximum absolute atomic E-state index is 10.2. The van der Waals surface area contributed by atoms with Gasteiger partial charge in [-0.1, -0.05) is 58.4 Å². The van der Waals surface area contributed by atoms with Gasteiger partial charge in [-0.3, -0.25) is 0 Å². The average molecular weight is 371 g/mol. The van der Waals surface area contributed by atoms with Crippen molar-refractivity contribution in [1.82, 2.24) is 0 Å². The molecule has 0 radical (unpaired) electrons. The summed E-state index contributed by atoms with van der Waals surface area (Å²) >= 11 is 0. The van der Waals surface area contributed by atoms with Crippen LogP contribution in [0.5, 0.6) is 0 Å². The topological polar surface area (TPSA) is 20.2 Å². The smallest absolute Gasteiger partial charge is 0.0577 e. The molecule has 0 aromatic rings. The zero-order valence-electron chi connectivity index (χ0n) is 18.4. The quantitative estimate of drug-likeness (QED) is 0.543. The Labute approximate surface area is 167 Å². The van der Waals surface area contributed by atoms with Gasteiger partial charge in [0, 0.05) is 0 Å². The molecule has 0 aromatic carbocycles. The van der Waals surface area contributed by atoms with Crippen LogP contribution in [-0.2, 0) is 0 Å². The van der Waals surface area contributed by atoms with Gasteiger partial charge < -0.3 is 5.11 Å². The number of allylic oxidation sites excluding steroid dienone is 3. The van der Waals surface area contributed by atoms with E-state index in [0.29, 0.717) is 22.7 Å². The maximum atomic E-state index is 10.2. The van der Waals surface area contributed by atoms with E-state index in [9.17, 15) is 5.11 Å². The third-order valence-corrected chi connectivity index (χ3v) is 9.59. The molecular weight excluding hydrogens is 328 g/mol. The third kappa shape index (κ3) is 3.17. The van der Waals surface area contributed by atoms with E-state index in [0.717, 1.165) is 36.5 Å². The van der Waals surface area contributed by atoms with E-state index in [1.807, 2.05) is 0 Å². The first-order valence-corrected chi connectivity index (χ1v) is 11.8. The Balaban J connectivity index is 1.57. The lowest BCUT2D eigenvalue weighted by Crippen LogP contribution is -2.50.